The minimum absolute atomic E-state index is 0.0570. The summed E-state index contributed by atoms with van der Waals surface area (Å²) in [5.74, 6) is -0.0570. The van der Waals surface area contributed by atoms with Crippen molar-refractivity contribution in [3.8, 4) is 0 Å². The molecule has 76 valence electrons. The van der Waals surface area contributed by atoms with Crippen molar-refractivity contribution < 1.29 is 9.90 Å². The SMILES string of the molecule is Cc1cc(C(=O)N2CC(O)C2)n(C)n1. The van der Waals surface area contributed by atoms with E-state index < -0.39 is 0 Å². The van der Waals surface area contributed by atoms with Crippen molar-refractivity contribution in [2.45, 2.75) is 13.0 Å². The molecule has 1 N–H and O–H groups in total. The molecule has 0 bridgehead atoms. The lowest BCUT2D eigenvalue weighted by molar-refractivity contribution is 0.00517. The maximum Gasteiger partial charge on any atom is 0.272 e. The second-order valence-electron chi connectivity index (χ2n) is 3.66. The lowest BCUT2D eigenvalue weighted by Gasteiger charge is -2.35. The number of likely N-dealkylation sites (tertiary alicyclic amines) is 1. The van der Waals surface area contributed by atoms with Gasteiger partial charge in [-0.05, 0) is 13.0 Å². The van der Waals surface area contributed by atoms with Crippen LogP contribution in [-0.2, 0) is 7.05 Å². The highest BCUT2D eigenvalue weighted by atomic mass is 16.3. The fourth-order valence-corrected chi connectivity index (χ4v) is 1.59. The molecule has 1 fully saturated rings. The first-order valence-electron chi connectivity index (χ1n) is 4.56. The Labute approximate surface area is 81.9 Å². The van der Waals surface area contributed by atoms with Crippen molar-refractivity contribution in [3.05, 3.63) is 17.5 Å². The van der Waals surface area contributed by atoms with Gasteiger partial charge >= 0.3 is 0 Å². The molecular weight excluding hydrogens is 182 g/mol. The Balaban J connectivity index is 2.15. The summed E-state index contributed by atoms with van der Waals surface area (Å²) >= 11 is 0. The van der Waals surface area contributed by atoms with E-state index in [0.29, 0.717) is 18.8 Å². The topological polar surface area (TPSA) is 58.4 Å². The van der Waals surface area contributed by atoms with Gasteiger partial charge in [0.1, 0.15) is 5.69 Å². The summed E-state index contributed by atoms with van der Waals surface area (Å²) < 4.78 is 1.57. The normalized spacial score (nSPS) is 16.9. The largest absolute Gasteiger partial charge is 0.389 e. The van der Waals surface area contributed by atoms with Crippen molar-refractivity contribution in [1.82, 2.24) is 14.7 Å². The smallest absolute Gasteiger partial charge is 0.272 e. The number of hydrogen-bond acceptors (Lipinski definition) is 3. The maximum absolute atomic E-state index is 11.8. The van der Waals surface area contributed by atoms with Gasteiger partial charge < -0.3 is 10.0 Å². The summed E-state index contributed by atoms with van der Waals surface area (Å²) in [7, 11) is 1.75. The van der Waals surface area contributed by atoms with Crippen molar-refractivity contribution in [2.75, 3.05) is 13.1 Å². The molecular formula is C9H13N3O2. The number of aromatic nitrogens is 2. The third kappa shape index (κ3) is 1.39. The first-order valence-corrected chi connectivity index (χ1v) is 4.56. The predicted molar refractivity (Wildman–Crippen MR) is 49.9 cm³/mol. The Kier molecular flexibility index (Phi) is 2.03. The molecule has 1 aliphatic rings. The quantitative estimate of drug-likeness (QED) is 0.660. The fourth-order valence-electron chi connectivity index (χ4n) is 1.59. The minimum atomic E-state index is -0.353. The number of hydrogen-bond donors (Lipinski definition) is 1. The monoisotopic (exact) mass is 195 g/mol. The lowest BCUT2D eigenvalue weighted by Crippen LogP contribution is -2.53. The molecule has 1 aromatic rings. The van der Waals surface area contributed by atoms with E-state index in [1.54, 1.807) is 22.7 Å². The second kappa shape index (κ2) is 3.09. The molecule has 0 unspecified atom stereocenters. The van der Waals surface area contributed by atoms with E-state index in [-0.39, 0.29) is 12.0 Å². The summed E-state index contributed by atoms with van der Waals surface area (Å²) in [6.45, 7) is 2.72. The molecule has 1 saturated heterocycles. The Morgan fingerprint density at radius 2 is 2.29 bits per heavy atom. The minimum Gasteiger partial charge on any atom is -0.389 e. The van der Waals surface area contributed by atoms with Gasteiger partial charge in [-0.25, -0.2) is 0 Å². The first kappa shape index (κ1) is 9.21. The van der Waals surface area contributed by atoms with E-state index in [1.807, 2.05) is 6.92 Å². The fraction of sp³-hybridized carbons (Fsp3) is 0.556. The third-order valence-electron chi connectivity index (χ3n) is 2.37. The molecule has 1 aliphatic heterocycles. The number of β-amino-alcohol motifs (C(OH)–C–C–N with tert-alkyl or cyclic N) is 1. The second-order valence-corrected chi connectivity index (χ2v) is 3.66. The number of carbonyl (C=O) groups is 1. The van der Waals surface area contributed by atoms with Crippen molar-refractivity contribution in [3.63, 3.8) is 0 Å². The van der Waals surface area contributed by atoms with E-state index in [0.717, 1.165) is 5.69 Å². The first-order chi connectivity index (χ1) is 6.58. The molecule has 5 nitrogen and oxygen atoms in total. The van der Waals surface area contributed by atoms with E-state index in [2.05, 4.69) is 5.10 Å². The van der Waals surface area contributed by atoms with Crippen LogP contribution in [0.25, 0.3) is 0 Å². The van der Waals surface area contributed by atoms with Crippen LogP contribution in [0.4, 0.5) is 0 Å². The number of nitrogens with zero attached hydrogens (tertiary/aromatic N) is 3. The maximum atomic E-state index is 11.8. The molecule has 1 amide bonds. The highest BCUT2D eigenvalue weighted by molar-refractivity contribution is 5.93. The van der Waals surface area contributed by atoms with E-state index in [9.17, 15) is 4.79 Å². The summed E-state index contributed by atoms with van der Waals surface area (Å²) in [4.78, 5) is 13.4. The Hall–Kier alpha value is -1.36. The highest BCUT2D eigenvalue weighted by Crippen LogP contribution is 2.13. The average Bonchev–Trinajstić information content (AvgIpc) is 2.39. The van der Waals surface area contributed by atoms with Crippen LogP contribution in [0.15, 0.2) is 6.07 Å². The molecule has 0 aromatic carbocycles. The molecule has 1 aromatic heterocycles. The molecule has 2 rings (SSSR count). The van der Waals surface area contributed by atoms with E-state index in [1.165, 1.54) is 0 Å². The number of carbonyl (C=O) groups excluding carboxylic acids is 1. The van der Waals surface area contributed by atoms with Gasteiger partial charge in [0.15, 0.2) is 0 Å². The predicted octanol–water partition coefficient (Wildman–Crippen LogP) is -0.455. The molecule has 0 saturated carbocycles. The lowest BCUT2D eigenvalue weighted by atomic mass is 10.1. The molecule has 2 heterocycles. The number of aliphatic hydroxyl groups is 1. The number of aryl methyl sites for hydroxylation is 2. The van der Waals surface area contributed by atoms with Gasteiger partial charge in [-0.2, -0.15) is 5.10 Å². The Morgan fingerprint density at radius 3 is 2.71 bits per heavy atom. The van der Waals surface area contributed by atoms with Crippen LogP contribution in [-0.4, -0.2) is 44.9 Å². The third-order valence-corrected chi connectivity index (χ3v) is 2.37. The van der Waals surface area contributed by atoms with E-state index >= 15 is 0 Å². The Bertz CT molecular complexity index is 366. The standard InChI is InChI=1S/C9H13N3O2/c1-6-3-8(11(2)10-6)9(14)12-4-7(13)5-12/h3,7,13H,4-5H2,1-2H3. The van der Waals surface area contributed by atoms with Gasteiger partial charge in [-0.3, -0.25) is 9.48 Å². The zero-order valence-electron chi connectivity index (χ0n) is 8.27. The summed E-state index contributed by atoms with van der Waals surface area (Å²) in [6.07, 6.45) is -0.353. The van der Waals surface area contributed by atoms with Crippen LogP contribution < -0.4 is 0 Å². The van der Waals surface area contributed by atoms with Crippen LogP contribution >= 0.6 is 0 Å². The molecule has 0 atom stereocenters. The van der Waals surface area contributed by atoms with Crippen LogP contribution in [0.5, 0.6) is 0 Å². The van der Waals surface area contributed by atoms with Crippen LogP contribution in [0, 0.1) is 6.92 Å². The highest BCUT2D eigenvalue weighted by Gasteiger charge is 2.30. The zero-order chi connectivity index (χ0) is 10.3. The van der Waals surface area contributed by atoms with Gasteiger partial charge in [0.2, 0.25) is 0 Å². The van der Waals surface area contributed by atoms with Crippen LogP contribution in [0.2, 0.25) is 0 Å². The van der Waals surface area contributed by atoms with Gasteiger partial charge in [0, 0.05) is 20.1 Å². The van der Waals surface area contributed by atoms with E-state index in [4.69, 9.17) is 5.11 Å². The van der Waals surface area contributed by atoms with Gasteiger partial charge in [0.25, 0.3) is 5.91 Å². The summed E-state index contributed by atoms with van der Waals surface area (Å²) in [5, 5.41) is 13.2. The van der Waals surface area contributed by atoms with Crippen molar-refractivity contribution >= 4 is 5.91 Å². The molecule has 14 heavy (non-hydrogen) atoms. The van der Waals surface area contributed by atoms with Crippen molar-refractivity contribution in [1.29, 1.82) is 0 Å². The molecule has 0 radical (unpaired) electrons. The zero-order valence-corrected chi connectivity index (χ0v) is 8.27. The van der Waals surface area contributed by atoms with Crippen LogP contribution in [0.3, 0.4) is 0 Å². The van der Waals surface area contributed by atoms with Gasteiger partial charge in [0.05, 0.1) is 11.8 Å². The number of rotatable bonds is 1. The summed E-state index contributed by atoms with van der Waals surface area (Å²) in [5.41, 5.74) is 1.41. The van der Waals surface area contributed by atoms with Gasteiger partial charge in [-0.1, -0.05) is 0 Å². The Morgan fingerprint density at radius 1 is 1.64 bits per heavy atom. The number of aliphatic hydroxyl groups excluding tert-OH is 1. The molecule has 0 aliphatic carbocycles. The van der Waals surface area contributed by atoms with Crippen molar-refractivity contribution in [2.24, 2.45) is 7.05 Å². The number of amides is 1. The molecule has 0 spiro atoms. The van der Waals surface area contributed by atoms with Gasteiger partial charge in [-0.15, -0.1) is 0 Å². The van der Waals surface area contributed by atoms with Crippen LogP contribution in [0.1, 0.15) is 16.2 Å². The summed E-state index contributed by atoms with van der Waals surface area (Å²) in [6, 6.07) is 1.76. The molecule has 5 heteroatoms. The average molecular weight is 195 g/mol.